The van der Waals surface area contributed by atoms with Gasteiger partial charge in [-0.05, 0) is 73.6 Å². The third-order valence-corrected chi connectivity index (χ3v) is 2.51. The Labute approximate surface area is 108 Å². The number of hydrogen-bond donors (Lipinski definition) is 1. The van der Waals surface area contributed by atoms with Gasteiger partial charge in [0.25, 0.3) is 0 Å². The largest absolute Gasteiger partial charge is 0.381 e. The molecule has 0 saturated carbocycles. The second kappa shape index (κ2) is 9.86. The summed E-state index contributed by atoms with van der Waals surface area (Å²) in [6, 6.07) is 0. The van der Waals surface area contributed by atoms with Crippen molar-refractivity contribution < 1.29 is 4.74 Å². The molecule has 0 aliphatic rings. The molecule has 0 rings (SSSR count). The molecule has 0 saturated heterocycles. The van der Waals surface area contributed by atoms with E-state index >= 15 is 0 Å². The fraction of sp³-hybridized carbons (Fsp3) is 1.00. The van der Waals surface area contributed by atoms with Gasteiger partial charge in [-0.1, -0.05) is 0 Å². The van der Waals surface area contributed by atoms with Crippen LogP contribution in [0.15, 0.2) is 0 Å². The van der Waals surface area contributed by atoms with E-state index in [4.69, 9.17) is 4.74 Å². The highest BCUT2D eigenvalue weighted by Crippen LogP contribution is 2.01. The van der Waals surface area contributed by atoms with Gasteiger partial charge < -0.3 is 15.0 Å². The van der Waals surface area contributed by atoms with Gasteiger partial charge >= 0.3 is 0 Å². The van der Waals surface area contributed by atoms with Gasteiger partial charge in [0.05, 0.1) is 0 Å². The van der Waals surface area contributed by atoms with Gasteiger partial charge in [0, 0.05) is 18.8 Å². The zero-order chi connectivity index (χ0) is 13.1. The molecule has 0 unspecified atom stereocenters. The first-order valence-electron chi connectivity index (χ1n) is 6.89. The minimum atomic E-state index is 0.253. The topological polar surface area (TPSA) is 24.5 Å². The average molecular weight is 244 g/mol. The third-order valence-electron chi connectivity index (χ3n) is 2.51. The molecule has 0 aromatic rings. The number of hydrogen-bond acceptors (Lipinski definition) is 3. The van der Waals surface area contributed by atoms with E-state index in [1.807, 2.05) is 0 Å². The highest BCUT2D eigenvalue weighted by molar-refractivity contribution is 4.69. The van der Waals surface area contributed by atoms with Crippen LogP contribution in [-0.4, -0.2) is 50.8 Å². The van der Waals surface area contributed by atoms with Crippen LogP contribution in [0.4, 0.5) is 0 Å². The molecule has 0 aromatic heterocycles. The van der Waals surface area contributed by atoms with Crippen molar-refractivity contribution in [3.63, 3.8) is 0 Å². The molecule has 17 heavy (non-hydrogen) atoms. The maximum absolute atomic E-state index is 5.58. The number of unbranched alkanes of at least 4 members (excludes halogenated alkanes) is 2. The predicted octanol–water partition coefficient (Wildman–Crippen LogP) is 2.51. The first-order valence-corrected chi connectivity index (χ1v) is 6.89. The van der Waals surface area contributed by atoms with Crippen molar-refractivity contribution in [2.75, 3.05) is 40.4 Å². The standard InChI is InChI=1S/C14H32N2O/c1-14(2,3)15-10-7-6-8-12-17-13-9-11-16(4)5/h15H,6-13H2,1-5H3. The third kappa shape index (κ3) is 15.9. The Bertz CT molecular complexity index is 164. The number of rotatable bonds is 10. The predicted molar refractivity (Wildman–Crippen MR) is 75.6 cm³/mol. The van der Waals surface area contributed by atoms with Crippen molar-refractivity contribution in [3.8, 4) is 0 Å². The van der Waals surface area contributed by atoms with E-state index in [0.717, 1.165) is 32.7 Å². The first kappa shape index (κ1) is 16.9. The van der Waals surface area contributed by atoms with E-state index in [1.165, 1.54) is 19.3 Å². The molecular weight excluding hydrogens is 212 g/mol. The Morgan fingerprint density at radius 2 is 1.59 bits per heavy atom. The second-order valence-corrected chi connectivity index (χ2v) is 6.01. The number of nitrogens with zero attached hydrogens (tertiary/aromatic N) is 1. The van der Waals surface area contributed by atoms with Crippen molar-refractivity contribution in [3.05, 3.63) is 0 Å². The van der Waals surface area contributed by atoms with E-state index in [2.05, 4.69) is 45.1 Å². The molecule has 0 heterocycles. The van der Waals surface area contributed by atoms with E-state index in [1.54, 1.807) is 0 Å². The summed E-state index contributed by atoms with van der Waals surface area (Å²) in [4.78, 5) is 2.20. The highest BCUT2D eigenvalue weighted by atomic mass is 16.5. The van der Waals surface area contributed by atoms with Crippen molar-refractivity contribution in [1.29, 1.82) is 0 Å². The van der Waals surface area contributed by atoms with Crippen LogP contribution in [0.25, 0.3) is 0 Å². The van der Waals surface area contributed by atoms with Gasteiger partial charge in [-0.2, -0.15) is 0 Å². The van der Waals surface area contributed by atoms with Crippen LogP contribution < -0.4 is 5.32 Å². The molecule has 0 aliphatic carbocycles. The monoisotopic (exact) mass is 244 g/mol. The lowest BCUT2D eigenvalue weighted by Gasteiger charge is -2.20. The highest BCUT2D eigenvalue weighted by Gasteiger charge is 2.06. The summed E-state index contributed by atoms with van der Waals surface area (Å²) in [7, 11) is 4.20. The van der Waals surface area contributed by atoms with Crippen LogP contribution in [0.3, 0.4) is 0 Å². The first-order chi connectivity index (χ1) is 7.92. The SMILES string of the molecule is CN(C)CCCOCCCCCNC(C)(C)C. The van der Waals surface area contributed by atoms with Crippen molar-refractivity contribution in [2.24, 2.45) is 0 Å². The van der Waals surface area contributed by atoms with Crippen LogP contribution in [0.2, 0.25) is 0 Å². The Morgan fingerprint density at radius 3 is 2.18 bits per heavy atom. The number of nitrogens with one attached hydrogen (secondary N) is 1. The molecule has 0 spiro atoms. The molecular formula is C14H32N2O. The Balaban J connectivity index is 3.04. The molecule has 0 aromatic carbocycles. The summed E-state index contributed by atoms with van der Waals surface area (Å²) in [6.45, 7) is 10.7. The minimum Gasteiger partial charge on any atom is -0.381 e. The molecule has 104 valence electrons. The van der Waals surface area contributed by atoms with Crippen LogP contribution >= 0.6 is 0 Å². The maximum atomic E-state index is 5.58. The van der Waals surface area contributed by atoms with Crippen molar-refractivity contribution in [1.82, 2.24) is 10.2 Å². The zero-order valence-electron chi connectivity index (χ0n) is 12.5. The summed E-state index contributed by atoms with van der Waals surface area (Å²) < 4.78 is 5.58. The lowest BCUT2D eigenvalue weighted by molar-refractivity contribution is 0.122. The fourth-order valence-corrected chi connectivity index (χ4v) is 1.55. The van der Waals surface area contributed by atoms with Crippen molar-refractivity contribution in [2.45, 2.75) is 52.0 Å². The number of ether oxygens (including phenoxy) is 1. The maximum Gasteiger partial charge on any atom is 0.0478 e. The lowest BCUT2D eigenvalue weighted by Crippen LogP contribution is -2.36. The molecule has 0 amide bonds. The molecule has 0 atom stereocenters. The summed E-state index contributed by atoms with van der Waals surface area (Å²) in [6.07, 6.45) is 4.83. The van der Waals surface area contributed by atoms with E-state index in [9.17, 15) is 0 Å². The fourth-order valence-electron chi connectivity index (χ4n) is 1.55. The lowest BCUT2D eigenvalue weighted by atomic mass is 10.1. The normalized spacial score (nSPS) is 12.4. The molecule has 3 nitrogen and oxygen atoms in total. The van der Waals surface area contributed by atoms with Crippen molar-refractivity contribution >= 4 is 0 Å². The van der Waals surface area contributed by atoms with Crippen LogP contribution in [0.5, 0.6) is 0 Å². The summed E-state index contributed by atoms with van der Waals surface area (Å²) in [5.41, 5.74) is 0.253. The Morgan fingerprint density at radius 1 is 0.941 bits per heavy atom. The summed E-state index contributed by atoms with van der Waals surface area (Å²) in [5.74, 6) is 0. The Hall–Kier alpha value is -0.120. The van der Waals surface area contributed by atoms with Crippen LogP contribution in [0.1, 0.15) is 46.5 Å². The molecule has 0 radical (unpaired) electrons. The smallest absolute Gasteiger partial charge is 0.0478 e. The molecule has 1 N–H and O–H groups in total. The van der Waals surface area contributed by atoms with Crippen LogP contribution in [-0.2, 0) is 4.74 Å². The van der Waals surface area contributed by atoms with Crippen LogP contribution in [0, 0.1) is 0 Å². The van der Waals surface area contributed by atoms with Gasteiger partial charge in [0.1, 0.15) is 0 Å². The van der Waals surface area contributed by atoms with Gasteiger partial charge in [-0.25, -0.2) is 0 Å². The molecule has 0 aliphatic heterocycles. The van der Waals surface area contributed by atoms with Gasteiger partial charge in [0.2, 0.25) is 0 Å². The van der Waals surface area contributed by atoms with E-state index in [0.29, 0.717) is 0 Å². The minimum absolute atomic E-state index is 0.253. The van der Waals surface area contributed by atoms with E-state index in [-0.39, 0.29) is 5.54 Å². The molecule has 0 fully saturated rings. The summed E-state index contributed by atoms with van der Waals surface area (Å²) >= 11 is 0. The van der Waals surface area contributed by atoms with Gasteiger partial charge in [-0.3, -0.25) is 0 Å². The zero-order valence-corrected chi connectivity index (χ0v) is 12.5. The summed E-state index contributed by atoms with van der Waals surface area (Å²) in [5, 5.41) is 3.50. The molecule has 3 heteroatoms. The van der Waals surface area contributed by atoms with Gasteiger partial charge in [0.15, 0.2) is 0 Å². The Kier molecular flexibility index (Phi) is 9.79. The van der Waals surface area contributed by atoms with Gasteiger partial charge in [-0.15, -0.1) is 0 Å². The average Bonchev–Trinajstić information content (AvgIpc) is 2.18. The quantitative estimate of drug-likeness (QED) is 0.598. The van der Waals surface area contributed by atoms with E-state index < -0.39 is 0 Å². The second-order valence-electron chi connectivity index (χ2n) is 6.01. The molecule has 0 bridgehead atoms.